The number of rotatable bonds is 4. The molecule has 2 rings (SSSR count). The summed E-state index contributed by atoms with van der Waals surface area (Å²) in [6.07, 6.45) is 3.42. The summed E-state index contributed by atoms with van der Waals surface area (Å²) in [5.74, 6) is -0.155. The number of H-pyrrole nitrogens is 1. The molecule has 90 valence electrons. The van der Waals surface area contributed by atoms with Gasteiger partial charge in [-0.25, -0.2) is 9.37 Å². The Bertz CT molecular complexity index is 479. The number of hydrogen-bond acceptors (Lipinski definition) is 2. The van der Waals surface area contributed by atoms with E-state index in [1.807, 2.05) is 13.0 Å². The van der Waals surface area contributed by atoms with E-state index in [1.165, 1.54) is 0 Å². The normalized spacial score (nSPS) is 12.6. The van der Waals surface area contributed by atoms with Crippen molar-refractivity contribution in [3.8, 4) is 0 Å². The first-order valence-corrected chi connectivity index (χ1v) is 5.63. The number of halogens is 1. The van der Waals surface area contributed by atoms with Crippen molar-refractivity contribution in [1.29, 1.82) is 0 Å². The minimum absolute atomic E-state index is 0.105. The Morgan fingerprint density at radius 1 is 1.47 bits per heavy atom. The molecule has 1 atom stereocenters. The van der Waals surface area contributed by atoms with Crippen molar-refractivity contribution < 1.29 is 4.39 Å². The monoisotopic (exact) mass is 233 g/mol. The molecule has 3 nitrogen and oxygen atoms in total. The van der Waals surface area contributed by atoms with Gasteiger partial charge in [0.2, 0.25) is 0 Å². The number of benzene rings is 1. The van der Waals surface area contributed by atoms with Crippen molar-refractivity contribution in [2.75, 3.05) is 0 Å². The van der Waals surface area contributed by atoms with Crippen molar-refractivity contribution in [2.24, 2.45) is 0 Å². The third kappa shape index (κ3) is 2.91. The van der Waals surface area contributed by atoms with Crippen LogP contribution in [0.4, 0.5) is 4.39 Å². The number of imidazole rings is 1. The molecule has 0 aliphatic heterocycles. The maximum Gasteiger partial charge on any atom is 0.126 e. The summed E-state index contributed by atoms with van der Waals surface area (Å²) in [7, 11) is 0. The number of aryl methyl sites for hydroxylation is 1. The molecule has 2 N–H and O–H groups in total. The lowest BCUT2D eigenvalue weighted by molar-refractivity contribution is 0.558. The van der Waals surface area contributed by atoms with Crippen LogP contribution in [0.3, 0.4) is 0 Å². The topological polar surface area (TPSA) is 40.7 Å². The Morgan fingerprint density at radius 2 is 2.29 bits per heavy atom. The largest absolute Gasteiger partial charge is 0.347 e. The zero-order valence-corrected chi connectivity index (χ0v) is 10.00. The van der Waals surface area contributed by atoms with Gasteiger partial charge in [0.1, 0.15) is 5.82 Å². The van der Waals surface area contributed by atoms with Crippen molar-refractivity contribution >= 4 is 0 Å². The number of nitrogens with one attached hydrogen (secondary N) is 2. The average molecular weight is 233 g/mol. The minimum Gasteiger partial charge on any atom is -0.347 e. The van der Waals surface area contributed by atoms with Gasteiger partial charge in [-0.2, -0.15) is 0 Å². The van der Waals surface area contributed by atoms with Gasteiger partial charge in [0.05, 0.1) is 6.33 Å². The van der Waals surface area contributed by atoms with Crippen LogP contribution in [0.15, 0.2) is 30.7 Å². The van der Waals surface area contributed by atoms with E-state index in [4.69, 9.17) is 0 Å². The Balaban J connectivity index is 1.99. The summed E-state index contributed by atoms with van der Waals surface area (Å²) < 4.78 is 13.4. The highest BCUT2D eigenvalue weighted by atomic mass is 19.1. The smallest absolute Gasteiger partial charge is 0.126 e. The molecule has 0 spiro atoms. The molecule has 0 saturated heterocycles. The van der Waals surface area contributed by atoms with Crippen LogP contribution < -0.4 is 5.32 Å². The first kappa shape index (κ1) is 11.8. The molecule has 17 heavy (non-hydrogen) atoms. The summed E-state index contributed by atoms with van der Waals surface area (Å²) >= 11 is 0. The number of hydrogen-bond donors (Lipinski definition) is 2. The van der Waals surface area contributed by atoms with E-state index < -0.39 is 0 Å². The SMILES string of the molecule is Cc1ccc(C(C)NCc2cnc[nH]2)cc1F. The molecule has 0 radical (unpaired) electrons. The van der Waals surface area contributed by atoms with Crippen molar-refractivity contribution in [3.05, 3.63) is 53.4 Å². The quantitative estimate of drug-likeness (QED) is 0.852. The maximum atomic E-state index is 13.4. The second-order valence-electron chi connectivity index (χ2n) is 4.19. The van der Waals surface area contributed by atoms with Crippen LogP contribution in [0.5, 0.6) is 0 Å². The Hall–Kier alpha value is -1.68. The lowest BCUT2D eigenvalue weighted by Gasteiger charge is -2.14. The molecule has 0 bridgehead atoms. The second kappa shape index (κ2) is 5.10. The van der Waals surface area contributed by atoms with Crippen LogP contribution in [0, 0.1) is 12.7 Å². The Kier molecular flexibility index (Phi) is 3.54. The lowest BCUT2D eigenvalue weighted by atomic mass is 10.1. The zero-order chi connectivity index (χ0) is 12.3. The van der Waals surface area contributed by atoms with Crippen LogP contribution in [-0.2, 0) is 6.54 Å². The fourth-order valence-electron chi connectivity index (χ4n) is 1.64. The van der Waals surface area contributed by atoms with Crippen LogP contribution in [0.1, 0.15) is 29.8 Å². The van der Waals surface area contributed by atoms with Gasteiger partial charge in [-0.3, -0.25) is 0 Å². The molecule has 4 heteroatoms. The number of aromatic amines is 1. The molecule has 0 amide bonds. The molecular weight excluding hydrogens is 217 g/mol. The summed E-state index contributed by atoms with van der Waals surface area (Å²) in [4.78, 5) is 6.96. The Morgan fingerprint density at radius 3 is 2.94 bits per heavy atom. The van der Waals surface area contributed by atoms with Crippen molar-refractivity contribution in [3.63, 3.8) is 0 Å². The van der Waals surface area contributed by atoms with E-state index in [0.29, 0.717) is 12.1 Å². The molecule has 0 aliphatic carbocycles. The van der Waals surface area contributed by atoms with E-state index in [-0.39, 0.29) is 11.9 Å². The third-order valence-electron chi connectivity index (χ3n) is 2.85. The summed E-state index contributed by atoms with van der Waals surface area (Å²) in [6.45, 7) is 4.47. The highest BCUT2D eigenvalue weighted by Gasteiger charge is 2.07. The molecular formula is C13H16FN3. The van der Waals surface area contributed by atoms with Gasteiger partial charge in [0, 0.05) is 24.5 Å². The van der Waals surface area contributed by atoms with E-state index in [0.717, 1.165) is 11.3 Å². The predicted molar refractivity (Wildman–Crippen MR) is 65.0 cm³/mol. The van der Waals surface area contributed by atoms with Crippen molar-refractivity contribution in [1.82, 2.24) is 15.3 Å². The average Bonchev–Trinajstić information content (AvgIpc) is 2.82. The fourth-order valence-corrected chi connectivity index (χ4v) is 1.64. The van der Waals surface area contributed by atoms with Gasteiger partial charge >= 0.3 is 0 Å². The van der Waals surface area contributed by atoms with E-state index >= 15 is 0 Å². The lowest BCUT2D eigenvalue weighted by Crippen LogP contribution is -2.18. The van der Waals surface area contributed by atoms with E-state index in [2.05, 4.69) is 15.3 Å². The van der Waals surface area contributed by atoms with Gasteiger partial charge in [-0.05, 0) is 31.0 Å². The molecule has 2 aromatic rings. The predicted octanol–water partition coefficient (Wildman–Crippen LogP) is 2.71. The Labute approximate surface area is 100 Å². The molecule has 1 unspecified atom stereocenters. The van der Waals surface area contributed by atoms with Crippen LogP contribution in [0.2, 0.25) is 0 Å². The first-order valence-electron chi connectivity index (χ1n) is 5.63. The van der Waals surface area contributed by atoms with Crippen molar-refractivity contribution in [2.45, 2.75) is 26.4 Å². The first-order chi connectivity index (χ1) is 8.16. The van der Waals surface area contributed by atoms with E-state index in [9.17, 15) is 4.39 Å². The molecule has 0 fully saturated rings. The summed E-state index contributed by atoms with van der Waals surface area (Å²) in [6, 6.07) is 5.44. The zero-order valence-electron chi connectivity index (χ0n) is 10.00. The van der Waals surface area contributed by atoms with Gasteiger partial charge in [0.25, 0.3) is 0 Å². The fraction of sp³-hybridized carbons (Fsp3) is 0.308. The maximum absolute atomic E-state index is 13.4. The van der Waals surface area contributed by atoms with E-state index in [1.54, 1.807) is 31.6 Å². The summed E-state index contributed by atoms with van der Waals surface area (Å²) in [5, 5.41) is 3.31. The second-order valence-corrected chi connectivity index (χ2v) is 4.19. The molecule has 0 aliphatic rings. The highest BCUT2D eigenvalue weighted by Crippen LogP contribution is 2.16. The third-order valence-corrected chi connectivity index (χ3v) is 2.85. The number of aromatic nitrogens is 2. The molecule has 1 aromatic heterocycles. The van der Waals surface area contributed by atoms with Gasteiger partial charge in [-0.15, -0.1) is 0 Å². The number of nitrogens with zero attached hydrogens (tertiary/aromatic N) is 1. The summed E-state index contributed by atoms with van der Waals surface area (Å²) in [5.41, 5.74) is 2.64. The molecule has 0 saturated carbocycles. The standard InChI is InChI=1S/C13H16FN3/c1-9-3-4-11(5-13(9)14)10(2)16-7-12-6-15-8-17-12/h3-6,8,10,16H,7H2,1-2H3,(H,15,17). The minimum atomic E-state index is -0.155. The van der Waals surface area contributed by atoms with Crippen LogP contribution in [0.25, 0.3) is 0 Å². The van der Waals surface area contributed by atoms with Gasteiger partial charge in [0.15, 0.2) is 0 Å². The molecule has 1 heterocycles. The molecule has 1 aromatic carbocycles. The highest BCUT2D eigenvalue weighted by molar-refractivity contribution is 5.25. The van der Waals surface area contributed by atoms with Crippen LogP contribution in [-0.4, -0.2) is 9.97 Å². The van der Waals surface area contributed by atoms with Crippen LogP contribution >= 0.6 is 0 Å². The van der Waals surface area contributed by atoms with Gasteiger partial charge < -0.3 is 10.3 Å². The van der Waals surface area contributed by atoms with Gasteiger partial charge in [-0.1, -0.05) is 12.1 Å².